The summed E-state index contributed by atoms with van der Waals surface area (Å²) >= 11 is 0. The molecule has 1 heterocycles. The smallest absolute Gasteiger partial charge is 0.0196 e. The number of hydrogen-bond donors (Lipinski definition) is 0. The zero-order chi connectivity index (χ0) is 5.11. The lowest BCUT2D eigenvalue weighted by Gasteiger charge is -1.94. The monoisotopic (exact) mass is 114 g/mol. The second-order valence-corrected chi connectivity index (χ2v) is 3.40. The topological polar surface area (TPSA) is 0 Å². The first-order chi connectivity index (χ1) is 3.43. The summed E-state index contributed by atoms with van der Waals surface area (Å²) in [5.41, 5.74) is 0. The van der Waals surface area contributed by atoms with E-state index in [1.807, 2.05) is 0 Å². The minimum Gasteiger partial charge on any atom is -0.121 e. The van der Waals surface area contributed by atoms with Gasteiger partial charge in [-0.05, 0) is 24.7 Å². The summed E-state index contributed by atoms with van der Waals surface area (Å²) in [5, 5.41) is 0. The van der Waals surface area contributed by atoms with Crippen molar-refractivity contribution in [3.05, 3.63) is 12.7 Å². The molecule has 0 aromatic carbocycles. The third-order valence-electron chi connectivity index (χ3n) is 1.43. The van der Waals surface area contributed by atoms with Crippen molar-refractivity contribution in [2.24, 2.45) is 5.92 Å². The van der Waals surface area contributed by atoms with Gasteiger partial charge in [-0.1, -0.05) is 6.08 Å². The van der Waals surface area contributed by atoms with E-state index in [4.69, 9.17) is 0 Å². The normalized spacial score (nSPS) is 34.0. The van der Waals surface area contributed by atoms with Gasteiger partial charge in [-0.3, -0.25) is 0 Å². The number of rotatable bonds is 1. The highest BCUT2D eigenvalue weighted by Gasteiger charge is 2.09. The minimum absolute atomic E-state index is 0.873. The second-order valence-electron chi connectivity index (χ2n) is 1.99. The van der Waals surface area contributed by atoms with Crippen LogP contribution in [0.2, 0.25) is 0 Å². The molecule has 0 amide bonds. The number of allylic oxidation sites excluding steroid dienone is 1. The van der Waals surface area contributed by atoms with Crippen LogP contribution >= 0.6 is 8.58 Å². The maximum atomic E-state index is 3.75. The van der Waals surface area contributed by atoms with Crippen LogP contribution in [0.15, 0.2) is 12.7 Å². The molecule has 0 aliphatic carbocycles. The molecule has 0 aromatic heterocycles. The van der Waals surface area contributed by atoms with Crippen LogP contribution in [0.25, 0.3) is 0 Å². The Balaban J connectivity index is 2.26. The molecule has 0 aromatic rings. The molecule has 0 N–H and O–H groups in total. The van der Waals surface area contributed by atoms with Crippen LogP contribution < -0.4 is 0 Å². The molecule has 0 nitrogen and oxygen atoms in total. The van der Waals surface area contributed by atoms with Crippen molar-refractivity contribution in [1.29, 1.82) is 0 Å². The van der Waals surface area contributed by atoms with Crippen molar-refractivity contribution in [3.8, 4) is 0 Å². The summed E-state index contributed by atoms with van der Waals surface area (Å²) in [5.74, 6) is 0.873. The molecular formula is C6H11P. The van der Waals surface area contributed by atoms with Crippen molar-refractivity contribution in [2.75, 3.05) is 12.3 Å². The maximum absolute atomic E-state index is 3.75. The van der Waals surface area contributed by atoms with Crippen LogP contribution in [0.3, 0.4) is 0 Å². The lowest BCUT2D eigenvalue weighted by Crippen LogP contribution is -1.88. The third kappa shape index (κ3) is 1.28. The van der Waals surface area contributed by atoms with E-state index in [-0.39, 0.29) is 0 Å². The zero-order valence-electron chi connectivity index (χ0n) is 4.48. The summed E-state index contributed by atoms with van der Waals surface area (Å²) in [7, 11) is 1.22. The van der Waals surface area contributed by atoms with Crippen LogP contribution in [-0.4, -0.2) is 12.3 Å². The van der Waals surface area contributed by atoms with Gasteiger partial charge < -0.3 is 0 Å². The van der Waals surface area contributed by atoms with E-state index < -0.39 is 0 Å². The molecule has 1 fully saturated rings. The van der Waals surface area contributed by atoms with E-state index in [0.29, 0.717) is 0 Å². The van der Waals surface area contributed by atoms with Gasteiger partial charge in [0.25, 0.3) is 0 Å². The molecule has 1 saturated heterocycles. The van der Waals surface area contributed by atoms with Crippen molar-refractivity contribution < 1.29 is 0 Å². The minimum atomic E-state index is 0.873. The van der Waals surface area contributed by atoms with Gasteiger partial charge in [0.2, 0.25) is 0 Å². The summed E-state index contributed by atoms with van der Waals surface area (Å²) in [6, 6.07) is 0. The molecule has 2 unspecified atom stereocenters. The molecule has 2 atom stereocenters. The highest BCUT2D eigenvalue weighted by Crippen LogP contribution is 2.28. The average Bonchev–Trinajstić information content (AvgIpc) is 2.14. The first kappa shape index (κ1) is 5.31. The van der Waals surface area contributed by atoms with Gasteiger partial charge in [-0.25, -0.2) is 0 Å². The van der Waals surface area contributed by atoms with Crippen LogP contribution in [-0.2, 0) is 0 Å². The first-order valence-electron chi connectivity index (χ1n) is 2.77. The van der Waals surface area contributed by atoms with E-state index in [1.165, 1.54) is 27.3 Å². The van der Waals surface area contributed by atoms with Crippen LogP contribution in [0.5, 0.6) is 0 Å². The number of hydrogen-bond acceptors (Lipinski definition) is 0. The SMILES string of the molecule is C=CC1CCPC1. The molecule has 1 heteroatoms. The zero-order valence-corrected chi connectivity index (χ0v) is 5.48. The Morgan fingerprint density at radius 1 is 1.71 bits per heavy atom. The lowest BCUT2D eigenvalue weighted by atomic mass is 10.1. The Bertz CT molecular complexity index is 62.6. The Labute approximate surface area is 46.8 Å². The van der Waals surface area contributed by atoms with Crippen LogP contribution in [0.1, 0.15) is 6.42 Å². The largest absolute Gasteiger partial charge is 0.121 e. The Kier molecular flexibility index (Phi) is 1.87. The van der Waals surface area contributed by atoms with E-state index in [2.05, 4.69) is 12.7 Å². The van der Waals surface area contributed by atoms with Crippen molar-refractivity contribution >= 4 is 8.58 Å². The van der Waals surface area contributed by atoms with Crippen molar-refractivity contribution in [2.45, 2.75) is 6.42 Å². The Morgan fingerprint density at radius 3 is 2.86 bits per heavy atom. The van der Waals surface area contributed by atoms with E-state index in [1.54, 1.807) is 0 Å². The third-order valence-corrected chi connectivity index (χ3v) is 2.89. The lowest BCUT2D eigenvalue weighted by molar-refractivity contribution is 0.749. The average molecular weight is 114 g/mol. The highest BCUT2D eigenvalue weighted by atomic mass is 31.1. The van der Waals surface area contributed by atoms with Crippen molar-refractivity contribution in [1.82, 2.24) is 0 Å². The van der Waals surface area contributed by atoms with E-state index >= 15 is 0 Å². The Morgan fingerprint density at radius 2 is 2.57 bits per heavy atom. The molecule has 0 spiro atoms. The van der Waals surface area contributed by atoms with Gasteiger partial charge in [-0.2, -0.15) is 0 Å². The van der Waals surface area contributed by atoms with Gasteiger partial charge in [0.15, 0.2) is 0 Å². The molecule has 1 aliphatic rings. The standard InChI is InChI=1S/C6H11P/c1-2-6-3-4-7-5-6/h2,6-7H,1,3-5H2. The van der Waals surface area contributed by atoms with E-state index in [9.17, 15) is 0 Å². The van der Waals surface area contributed by atoms with Crippen LogP contribution in [0.4, 0.5) is 0 Å². The summed E-state index contributed by atoms with van der Waals surface area (Å²) in [4.78, 5) is 0. The molecule has 0 radical (unpaired) electrons. The predicted octanol–water partition coefficient (Wildman–Crippen LogP) is 1.87. The summed E-state index contributed by atoms with van der Waals surface area (Å²) < 4.78 is 0. The fourth-order valence-corrected chi connectivity index (χ4v) is 2.40. The van der Waals surface area contributed by atoms with Gasteiger partial charge >= 0.3 is 0 Å². The molecule has 0 saturated carbocycles. The molecule has 7 heavy (non-hydrogen) atoms. The van der Waals surface area contributed by atoms with Gasteiger partial charge in [-0.15, -0.1) is 15.2 Å². The van der Waals surface area contributed by atoms with Crippen molar-refractivity contribution in [3.63, 3.8) is 0 Å². The maximum Gasteiger partial charge on any atom is -0.0196 e. The second kappa shape index (κ2) is 2.47. The molecule has 40 valence electrons. The quantitative estimate of drug-likeness (QED) is 0.360. The van der Waals surface area contributed by atoms with Crippen LogP contribution in [0, 0.1) is 5.92 Å². The fraction of sp³-hybridized carbons (Fsp3) is 0.667. The fourth-order valence-electron chi connectivity index (χ4n) is 0.878. The van der Waals surface area contributed by atoms with E-state index in [0.717, 1.165) is 5.92 Å². The van der Waals surface area contributed by atoms with Gasteiger partial charge in [0, 0.05) is 0 Å². The Hall–Kier alpha value is 0.170. The molecule has 1 aliphatic heterocycles. The highest BCUT2D eigenvalue weighted by molar-refractivity contribution is 7.38. The first-order valence-corrected chi connectivity index (χ1v) is 4.18. The van der Waals surface area contributed by atoms with Gasteiger partial charge in [0.1, 0.15) is 0 Å². The predicted molar refractivity (Wildman–Crippen MR) is 36.4 cm³/mol. The molecular weight excluding hydrogens is 103 g/mol. The van der Waals surface area contributed by atoms with Gasteiger partial charge in [0.05, 0.1) is 0 Å². The molecule has 0 bridgehead atoms. The summed E-state index contributed by atoms with van der Waals surface area (Å²) in [6.07, 6.45) is 6.38. The molecule has 1 rings (SSSR count). The summed E-state index contributed by atoms with van der Waals surface area (Å²) in [6.45, 7) is 3.75.